The molecule has 0 aromatic carbocycles. The van der Waals surface area contributed by atoms with Crippen molar-refractivity contribution in [3.8, 4) is 0 Å². The van der Waals surface area contributed by atoms with Crippen molar-refractivity contribution in [2.24, 2.45) is 0 Å². The molecule has 1 aliphatic rings. The monoisotopic (exact) mass is 233 g/mol. The summed E-state index contributed by atoms with van der Waals surface area (Å²) in [6.45, 7) is 2.36. The number of carboxylic acids is 1. The van der Waals surface area contributed by atoms with Gasteiger partial charge in [0, 0.05) is 5.75 Å². The second-order valence-corrected chi connectivity index (χ2v) is 4.29. The van der Waals surface area contributed by atoms with Crippen molar-refractivity contribution in [2.45, 2.75) is 25.8 Å². The fraction of sp³-hybridized carbons (Fsp3) is 0.778. The quantitative estimate of drug-likeness (QED) is 0.743. The lowest BCUT2D eigenvalue weighted by Gasteiger charge is -2.19. The summed E-state index contributed by atoms with van der Waals surface area (Å²) >= 11 is 1.43. The largest absolute Gasteiger partial charge is 0.480 e. The Morgan fingerprint density at radius 2 is 2.33 bits per heavy atom. The SMILES string of the molecule is CCCCOC(=O)N1CSCC1C(=O)O. The van der Waals surface area contributed by atoms with Crippen molar-refractivity contribution in [1.82, 2.24) is 4.90 Å². The third kappa shape index (κ3) is 3.30. The first-order chi connectivity index (χ1) is 7.16. The second-order valence-electron chi connectivity index (χ2n) is 3.29. The van der Waals surface area contributed by atoms with Crippen LogP contribution >= 0.6 is 11.8 Å². The summed E-state index contributed by atoms with van der Waals surface area (Å²) in [4.78, 5) is 23.5. The Kier molecular flexibility index (Phi) is 4.74. The molecule has 1 amide bonds. The van der Waals surface area contributed by atoms with Gasteiger partial charge in [-0.2, -0.15) is 0 Å². The van der Waals surface area contributed by atoms with Crippen LogP contribution < -0.4 is 0 Å². The van der Waals surface area contributed by atoms with Gasteiger partial charge >= 0.3 is 12.1 Å². The van der Waals surface area contributed by atoms with E-state index in [-0.39, 0.29) is 0 Å². The predicted molar refractivity (Wildman–Crippen MR) is 56.8 cm³/mol. The summed E-state index contributed by atoms with van der Waals surface area (Å²) in [5.74, 6) is -0.118. The van der Waals surface area contributed by atoms with Crippen LogP contribution in [0.15, 0.2) is 0 Å². The van der Waals surface area contributed by atoms with Gasteiger partial charge in [-0.05, 0) is 6.42 Å². The molecule has 5 nitrogen and oxygen atoms in total. The van der Waals surface area contributed by atoms with Crippen molar-refractivity contribution >= 4 is 23.8 Å². The van der Waals surface area contributed by atoms with Crippen molar-refractivity contribution in [2.75, 3.05) is 18.2 Å². The summed E-state index contributed by atoms with van der Waals surface area (Å²) in [5, 5.41) is 8.84. The van der Waals surface area contributed by atoms with E-state index in [2.05, 4.69) is 0 Å². The van der Waals surface area contributed by atoms with Gasteiger partial charge in [0.25, 0.3) is 0 Å². The van der Waals surface area contributed by atoms with Gasteiger partial charge in [0.1, 0.15) is 6.04 Å². The van der Waals surface area contributed by atoms with Gasteiger partial charge in [-0.25, -0.2) is 9.59 Å². The summed E-state index contributed by atoms with van der Waals surface area (Å²) in [5.41, 5.74) is 0. The summed E-state index contributed by atoms with van der Waals surface area (Å²) in [6, 6.07) is -0.732. The molecule has 1 fully saturated rings. The summed E-state index contributed by atoms with van der Waals surface area (Å²) in [6.07, 6.45) is 1.25. The smallest absolute Gasteiger partial charge is 0.411 e. The van der Waals surface area contributed by atoms with Crippen LogP contribution in [0, 0.1) is 0 Å². The van der Waals surface area contributed by atoms with Crippen molar-refractivity contribution < 1.29 is 19.4 Å². The molecule has 0 spiro atoms. The number of carbonyl (C=O) groups is 2. The van der Waals surface area contributed by atoms with Gasteiger partial charge < -0.3 is 9.84 Å². The highest BCUT2D eigenvalue weighted by Gasteiger charge is 2.35. The molecule has 1 N–H and O–H groups in total. The Morgan fingerprint density at radius 3 is 2.93 bits per heavy atom. The molecule has 86 valence electrons. The molecule has 1 atom stereocenters. The van der Waals surface area contributed by atoms with Crippen LogP contribution in [0.5, 0.6) is 0 Å². The number of thioether (sulfide) groups is 1. The zero-order chi connectivity index (χ0) is 11.3. The Labute approximate surface area is 92.8 Å². The minimum absolute atomic E-state index is 0.364. The lowest BCUT2D eigenvalue weighted by Crippen LogP contribution is -2.42. The van der Waals surface area contributed by atoms with E-state index >= 15 is 0 Å². The topological polar surface area (TPSA) is 66.8 Å². The van der Waals surface area contributed by atoms with Gasteiger partial charge in [0.2, 0.25) is 0 Å². The maximum absolute atomic E-state index is 11.5. The van der Waals surface area contributed by atoms with Gasteiger partial charge in [-0.3, -0.25) is 4.90 Å². The molecule has 0 aromatic heterocycles. The van der Waals surface area contributed by atoms with Crippen LogP contribution in [0.4, 0.5) is 4.79 Å². The zero-order valence-corrected chi connectivity index (χ0v) is 9.46. The van der Waals surface area contributed by atoms with E-state index in [0.29, 0.717) is 18.2 Å². The van der Waals surface area contributed by atoms with E-state index < -0.39 is 18.1 Å². The first-order valence-electron chi connectivity index (χ1n) is 4.90. The van der Waals surface area contributed by atoms with Crippen LogP contribution in [-0.2, 0) is 9.53 Å². The summed E-state index contributed by atoms with van der Waals surface area (Å²) < 4.78 is 4.96. The van der Waals surface area contributed by atoms with Gasteiger partial charge in [0.15, 0.2) is 0 Å². The summed E-state index contributed by atoms with van der Waals surface area (Å²) in [7, 11) is 0. The molecule has 0 bridgehead atoms. The van der Waals surface area contributed by atoms with Crippen LogP contribution in [0.2, 0.25) is 0 Å². The van der Waals surface area contributed by atoms with Gasteiger partial charge in [-0.1, -0.05) is 13.3 Å². The molecule has 1 heterocycles. The number of hydrogen-bond donors (Lipinski definition) is 1. The van der Waals surface area contributed by atoms with Crippen molar-refractivity contribution in [3.05, 3.63) is 0 Å². The van der Waals surface area contributed by atoms with Crippen LogP contribution in [0.1, 0.15) is 19.8 Å². The Hall–Kier alpha value is -0.910. The Morgan fingerprint density at radius 1 is 1.60 bits per heavy atom. The zero-order valence-electron chi connectivity index (χ0n) is 8.64. The molecule has 1 saturated heterocycles. The molecule has 6 heteroatoms. The number of carboxylic acid groups (broad SMARTS) is 1. The normalized spacial score (nSPS) is 20.3. The second kappa shape index (κ2) is 5.85. The average molecular weight is 233 g/mol. The van der Waals surface area contributed by atoms with E-state index in [0.717, 1.165) is 12.8 Å². The number of rotatable bonds is 4. The third-order valence-electron chi connectivity index (χ3n) is 2.13. The van der Waals surface area contributed by atoms with Crippen LogP contribution in [0.3, 0.4) is 0 Å². The molecule has 15 heavy (non-hydrogen) atoms. The Bertz CT molecular complexity index is 246. The van der Waals surface area contributed by atoms with Crippen LogP contribution in [0.25, 0.3) is 0 Å². The predicted octanol–water partition coefficient (Wildman–Crippen LogP) is 1.38. The molecule has 1 unspecified atom stereocenters. The molecule has 0 radical (unpaired) electrons. The highest BCUT2D eigenvalue weighted by atomic mass is 32.2. The highest BCUT2D eigenvalue weighted by Crippen LogP contribution is 2.21. The number of aliphatic carboxylic acids is 1. The first kappa shape index (κ1) is 12.2. The fourth-order valence-corrected chi connectivity index (χ4v) is 2.35. The first-order valence-corrected chi connectivity index (χ1v) is 6.06. The number of hydrogen-bond acceptors (Lipinski definition) is 4. The molecular weight excluding hydrogens is 218 g/mol. The number of amides is 1. The van der Waals surface area contributed by atoms with E-state index in [1.807, 2.05) is 6.92 Å². The molecule has 0 saturated carbocycles. The maximum atomic E-state index is 11.5. The standard InChI is InChI=1S/C9H15NO4S/c1-2-3-4-14-9(13)10-6-15-5-7(10)8(11)12/h7H,2-6H2,1H3,(H,11,12). The minimum Gasteiger partial charge on any atom is -0.480 e. The molecule has 0 aromatic rings. The maximum Gasteiger partial charge on any atom is 0.411 e. The number of nitrogens with zero attached hydrogens (tertiary/aromatic N) is 1. The molecule has 1 rings (SSSR count). The van der Waals surface area contributed by atoms with Gasteiger partial charge in [-0.15, -0.1) is 11.8 Å². The van der Waals surface area contributed by atoms with E-state index in [1.165, 1.54) is 16.7 Å². The van der Waals surface area contributed by atoms with Crippen molar-refractivity contribution in [3.63, 3.8) is 0 Å². The number of unbranched alkanes of at least 4 members (excludes halogenated alkanes) is 1. The third-order valence-corrected chi connectivity index (χ3v) is 3.14. The lowest BCUT2D eigenvalue weighted by atomic mass is 10.3. The Balaban J connectivity index is 2.40. The number of ether oxygens (including phenoxy) is 1. The van der Waals surface area contributed by atoms with E-state index in [1.54, 1.807) is 0 Å². The highest BCUT2D eigenvalue weighted by molar-refractivity contribution is 7.99. The van der Waals surface area contributed by atoms with Crippen molar-refractivity contribution in [1.29, 1.82) is 0 Å². The average Bonchev–Trinajstić information content (AvgIpc) is 2.66. The minimum atomic E-state index is -0.965. The van der Waals surface area contributed by atoms with E-state index in [9.17, 15) is 9.59 Å². The number of carbonyl (C=O) groups excluding carboxylic acids is 1. The van der Waals surface area contributed by atoms with Gasteiger partial charge in [0.05, 0.1) is 12.5 Å². The fourth-order valence-electron chi connectivity index (χ4n) is 1.21. The molecule has 0 aliphatic carbocycles. The van der Waals surface area contributed by atoms with E-state index in [4.69, 9.17) is 9.84 Å². The molecule has 1 aliphatic heterocycles. The van der Waals surface area contributed by atoms with Crippen LogP contribution in [-0.4, -0.2) is 46.3 Å². The lowest BCUT2D eigenvalue weighted by molar-refractivity contribution is -0.141. The molecular formula is C9H15NO4S.